The van der Waals surface area contributed by atoms with Crippen LogP contribution in [0.3, 0.4) is 0 Å². The number of benzene rings is 2. The smallest absolute Gasteiger partial charge is 0.416 e. The van der Waals surface area contributed by atoms with E-state index >= 15 is 0 Å². The van der Waals surface area contributed by atoms with Crippen LogP contribution in [-0.4, -0.2) is 75.2 Å². The molecule has 0 unspecified atom stereocenters. The molecule has 0 spiro atoms. The van der Waals surface area contributed by atoms with E-state index in [2.05, 4.69) is 24.8 Å². The van der Waals surface area contributed by atoms with E-state index in [1.165, 1.54) is 62.3 Å². The Morgan fingerprint density at radius 2 is 1.69 bits per heavy atom. The molecule has 5 fully saturated rings. The minimum absolute atomic E-state index is 0.0216. The number of furan rings is 1. The third kappa shape index (κ3) is 8.61. The van der Waals surface area contributed by atoms with Crippen molar-refractivity contribution >= 4 is 17.4 Å². The van der Waals surface area contributed by atoms with Crippen LogP contribution in [0.1, 0.15) is 130 Å². The molecule has 59 heavy (non-hydrogen) atoms. The molecule has 1 heterocycles. The van der Waals surface area contributed by atoms with Crippen molar-refractivity contribution < 1.29 is 42.8 Å². The first-order valence-electron chi connectivity index (χ1n) is 21.7. The molecule has 7 aliphatic rings. The van der Waals surface area contributed by atoms with E-state index in [-0.39, 0.29) is 46.6 Å². The molecule has 5 atom stereocenters. The fraction of sp³-hybridized carbons (Fsp3) is 0.604. The Hall–Kier alpha value is -2.99. The predicted octanol–water partition coefficient (Wildman–Crippen LogP) is 9.76. The van der Waals surface area contributed by atoms with E-state index in [4.69, 9.17) is 16.0 Å². The number of aliphatic hydroxyl groups excluding tert-OH is 3. The lowest BCUT2D eigenvalue weighted by Crippen LogP contribution is -2.57. The average Bonchev–Trinajstić information content (AvgIpc) is 3.75. The van der Waals surface area contributed by atoms with Crippen molar-refractivity contribution in [1.82, 2.24) is 4.90 Å². The molecule has 0 aliphatic heterocycles. The van der Waals surface area contributed by atoms with Crippen LogP contribution in [0.15, 0.2) is 64.6 Å². The summed E-state index contributed by atoms with van der Waals surface area (Å²) in [5, 5.41) is 45.3. The van der Waals surface area contributed by atoms with Gasteiger partial charge in [0.1, 0.15) is 5.76 Å². The number of hydrogen-bond acceptors (Lipinski definition) is 7. The second kappa shape index (κ2) is 16.4. The number of alkyl halides is 3. The minimum Gasteiger partial charge on any atom is -0.453 e. The molecule has 0 saturated heterocycles. The van der Waals surface area contributed by atoms with Crippen molar-refractivity contribution in [3.63, 3.8) is 0 Å². The summed E-state index contributed by atoms with van der Waals surface area (Å²) in [6.07, 6.45) is 7.44. The van der Waals surface area contributed by atoms with Crippen molar-refractivity contribution in [2.45, 2.75) is 127 Å². The van der Waals surface area contributed by atoms with Crippen LogP contribution >= 0.6 is 11.6 Å². The van der Waals surface area contributed by atoms with E-state index in [9.17, 15) is 38.4 Å². The quantitative estimate of drug-likeness (QED) is 0.119. The highest BCUT2D eigenvalue weighted by molar-refractivity contribution is 6.33. The highest BCUT2D eigenvalue weighted by atomic mass is 35.5. The Bertz CT molecular complexity index is 2030. The summed E-state index contributed by atoms with van der Waals surface area (Å²) in [6, 6.07) is 11.6. The highest BCUT2D eigenvalue weighted by Gasteiger charge is 2.58. The number of halogens is 4. The maximum atomic E-state index is 14.7. The summed E-state index contributed by atoms with van der Waals surface area (Å²) in [4.78, 5) is 17.0. The van der Waals surface area contributed by atoms with Gasteiger partial charge in [0.2, 0.25) is 5.78 Å². The van der Waals surface area contributed by atoms with Gasteiger partial charge in [-0.1, -0.05) is 42.3 Å². The van der Waals surface area contributed by atoms with E-state index < -0.39 is 40.7 Å². The Labute approximate surface area is 350 Å². The van der Waals surface area contributed by atoms with Gasteiger partial charge in [-0.05, 0) is 167 Å². The summed E-state index contributed by atoms with van der Waals surface area (Å²) in [5.41, 5.74) is 0.412. The van der Waals surface area contributed by atoms with Crippen LogP contribution in [0, 0.1) is 28.6 Å². The van der Waals surface area contributed by atoms with Gasteiger partial charge in [0.25, 0.3) is 0 Å². The Balaban J connectivity index is 1.16. The van der Waals surface area contributed by atoms with Gasteiger partial charge in [-0.15, -0.1) is 0 Å². The maximum Gasteiger partial charge on any atom is 0.416 e. The largest absolute Gasteiger partial charge is 0.453 e. The summed E-state index contributed by atoms with van der Waals surface area (Å²) in [6.45, 7) is 5.22. The zero-order chi connectivity index (χ0) is 41.9. The highest BCUT2D eigenvalue weighted by Crippen LogP contribution is 2.62. The molecule has 7 nitrogen and oxygen atoms in total. The first-order valence-corrected chi connectivity index (χ1v) is 22.1. The molecule has 1 aromatic heterocycles. The molecule has 7 aliphatic carbocycles. The van der Waals surface area contributed by atoms with Crippen molar-refractivity contribution in [2.75, 3.05) is 26.2 Å². The van der Waals surface area contributed by atoms with Crippen LogP contribution in [0.5, 0.6) is 0 Å². The zero-order valence-corrected chi connectivity index (χ0v) is 35.0. The Morgan fingerprint density at radius 3 is 2.37 bits per heavy atom. The lowest BCUT2D eigenvalue weighted by molar-refractivity contribution is -0.137. The standard InChI is InChI=1S/C48H59ClF3NO6/c1-29-4-3-14-45(2)40(13-15-47(45,58)28-53(25-36(56)26-54)27-46-22-31-16-32(23-46)18-33(17-31)24-46)37-9-6-30(19-35(55)8-5-29)20-38(37)44(57)43-12-11-42(59-43)39-21-34(48(50,51)52)7-10-41(39)49/h4,6-7,9-12,20-21,31-33,35-36,40,54-56,58H,3,5,8,13-19,22-28H2,1-2H3/t31?,32?,33?,35-,36-,40-,45-,46?,47+/m0/s1. The molecule has 11 heteroatoms. The molecule has 3 aromatic rings. The topological polar surface area (TPSA) is 114 Å². The van der Waals surface area contributed by atoms with Crippen molar-refractivity contribution in [3.8, 4) is 11.3 Å². The summed E-state index contributed by atoms with van der Waals surface area (Å²) in [5.74, 6) is 1.49. The molecule has 0 radical (unpaired) electrons. The SMILES string of the molecule is CC1=CCC[C@@]2(C)[C@@H](CC[C@@]2(O)CN(C[C@H](O)CO)CC23CC4CC(CC(C4)C2)C3)c2ccc(cc2C(=O)c2ccc(-c3cc(C(F)(F)F)ccc3Cl)o2)C[C@@H](O)CC1. The van der Waals surface area contributed by atoms with Gasteiger partial charge < -0.3 is 24.8 Å². The summed E-state index contributed by atoms with van der Waals surface area (Å²) in [7, 11) is 0. The van der Waals surface area contributed by atoms with Gasteiger partial charge in [-0.3, -0.25) is 9.69 Å². The van der Waals surface area contributed by atoms with Gasteiger partial charge in [0.15, 0.2) is 5.76 Å². The summed E-state index contributed by atoms with van der Waals surface area (Å²) < 4.78 is 47.0. The first-order chi connectivity index (χ1) is 28.0. The van der Waals surface area contributed by atoms with Crippen LogP contribution in [0.2, 0.25) is 5.02 Å². The van der Waals surface area contributed by atoms with Gasteiger partial charge in [0.05, 0.1) is 35.0 Å². The third-order valence-electron chi connectivity index (χ3n) is 15.2. The number of rotatable bonds is 10. The molecule has 0 amide bonds. The fourth-order valence-electron chi connectivity index (χ4n) is 12.7. The molecular weight excluding hydrogens is 779 g/mol. The third-order valence-corrected chi connectivity index (χ3v) is 15.5. The van der Waals surface area contributed by atoms with E-state index in [0.717, 1.165) is 47.6 Å². The monoisotopic (exact) mass is 837 g/mol. The number of fused-ring (bicyclic) bond motifs is 8. The normalized spacial score (nSPS) is 32.6. The van der Waals surface area contributed by atoms with Gasteiger partial charge in [-0.25, -0.2) is 0 Å². The van der Waals surface area contributed by atoms with Crippen LogP contribution in [0.25, 0.3) is 11.3 Å². The molecule has 6 bridgehead atoms. The zero-order valence-electron chi connectivity index (χ0n) is 34.2. The lowest BCUT2D eigenvalue weighted by Gasteiger charge is -2.58. The van der Waals surface area contributed by atoms with Crippen LogP contribution in [0.4, 0.5) is 13.2 Å². The molecule has 10 rings (SSSR count). The maximum absolute atomic E-state index is 14.7. The number of nitrogens with zero attached hydrogens (tertiary/aromatic N) is 1. The molecular formula is C48H59ClF3NO6. The number of allylic oxidation sites excluding steroid dienone is 2. The van der Waals surface area contributed by atoms with Gasteiger partial charge >= 0.3 is 6.18 Å². The average molecular weight is 838 g/mol. The van der Waals surface area contributed by atoms with Crippen molar-refractivity contribution in [1.29, 1.82) is 0 Å². The van der Waals surface area contributed by atoms with E-state index in [1.807, 2.05) is 18.2 Å². The number of hydrogen-bond donors (Lipinski definition) is 4. The van der Waals surface area contributed by atoms with Crippen molar-refractivity contribution in [3.05, 3.63) is 93.2 Å². The number of aliphatic hydroxyl groups is 4. The lowest BCUT2D eigenvalue weighted by atomic mass is 9.49. The van der Waals surface area contributed by atoms with Crippen LogP contribution < -0.4 is 0 Å². The molecule has 2 aromatic carbocycles. The molecule has 320 valence electrons. The fourth-order valence-corrected chi connectivity index (χ4v) is 12.9. The summed E-state index contributed by atoms with van der Waals surface area (Å²) >= 11 is 6.36. The second-order valence-corrected chi connectivity index (χ2v) is 20.0. The Kier molecular flexibility index (Phi) is 11.8. The van der Waals surface area contributed by atoms with Crippen molar-refractivity contribution in [2.24, 2.45) is 28.6 Å². The van der Waals surface area contributed by atoms with Gasteiger partial charge in [-0.2, -0.15) is 13.2 Å². The number of carbonyl (C=O) groups is 1. The first kappa shape index (κ1) is 42.7. The molecule has 5 saturated carbocycles. The minimum atomic E-state index is -4.60. The number of carbonyl (C=O) groups excluding carboxylic acids is 1. The predicted molar refractivity (Wildman–Crippen MR) is 221 cm³/mol. The Morgan fingerprint density at radius 1 is 0.983 bits per heavy atom. The number of ketones is 1. The van der Waals surface area contributed by atoms with Gasteiger partial charge in [0, 0.05) is 36.2 Å². The van der Waals surface area contributed by atoms with Crippen LogP contribution in [-0.2, 0) is 12.6 Å². The molecule has 4 N–H and O–H groups in total. The second-order valence-electron chi connectivity index (χ2n) is 19.6. The van der Waals surface area contributed by atoms with E-state index in [1.54, 1.807) is 0 Å². The van der Waals surface area contributed by atoms with E-state index in [0.29, 0.717) is 57.1 Å².